The standard InChI is InChI=1S/C16H23FN2O2/c17-15-5-3-14(4-6-15)12-19-16(20)18-9-1-2-13-7-10-21-11-8-13/h3-6,13H,1-2,7-12H2,(H2,18,19,20). The molecule has 5 heteroatoms. The normalized spacial score (nSPS) is 15.7. The highest BCUT2D eigenvalue weighted by Crippen LogP contribution is 2.19. The predicted molar refractivity (Wildman–Crippen MR) is 79.4 cm³/mol. The zero-order valence-corrected chi connectivity index (χ0v) is 12.2. The molecule has 1 fully saturated rings. The molecule has 1 aromatic rings. The molecule has 1 heterocycles. The second kappa shape index (κ2) is 8.62. The van der Waals surface area contributed by atoms with E-state index in [9.17, 15) is 9.18 Å². The molecule has 0 radical (unpaired) electrons. The fourth-order valence-corrected chi connectivity index (χ4v) is 2.47. The highest BCUT2D eigenvalue weighted by Gasteiger charge is 2.13. The van der Waals surface area contributed by atoms with E-state index in [2.05, 4.69) is 10.6 Å². The van der Waals surface area contributed by atoms with Crippen molar-refractivity contribution >= 4 is 6.03 Å². The van der Waals surface area contributed by atoms with Crippen molar-refractivity contribution in [3.63, 3.8) is 0 Å². The predicted octanol–water partition coefficient (Wildman–Crippen LogP) is 2.83. The van der Waals surface area contributed by atoms with Crippen molar-refractivity contribution in [2.24, 2.45) is 5.92 Å². The van der Waals surface area contributed by atoms with Gasteiger partial charge in [-0.2, -0.15) is 0 Å². The first kappa shape index (κ1) is 15.8. The van der Waals surface area contributed by atoms with Crippen LogP contribution in [0.1, 0.15) is 31.2 Å². The summed E-state index contributed by atoms with van der Waals surface area (Å²) in [7, 11) is 0. The highest BCUT2D eigenvalue weighted by atomic mass is 19.1. The van der Waals surface area contributed by atoms with Crippen molar-refractivity contribution in [1.82, 2.24) is 10.6 Å². The van der Waals surface area contributed by atoms with Crippen molar-refractivity contribution in [3.8, 4) is 0 Å². The summed E-state index contributed by atoms with van der Waals surface area (Å²) < 4.78 is 18.1. The van der Waals surface area contributed by atoms with E-state index < -0.39 is 0 Å². The maximum Gasteiger partial charge on any atom is 0.315 e. The van der Waals surface area contributed by atoms with E-state index in [0.717, 1.165) is 50.4 Å². The fraction of sp³-hybridized carbons (Fsp3) is 0.562. The molecule has 1 aliphatic heterocycles. The zero-order chi connectivity index (χ0) is 14.9. The Hall–Kier alpha value is -1.62. The van der Waals surface area contributed by atoms with E-state index >= 15 is 0 Å². The molecular weight excluding hydrogens is 271 g/mol. The van der Waals surface area contributed by atoms with Crippen molar-refractivity contribution in [2.75, 3.05) is 19.8 Å². The van der Waals surface area contributed by atoms with E-state index in [0.29, 0.717) is 13.1 Å². The average Bonchev–Trinajstić information content (AvgIpc) is 2.52. The SMILES string of the molecule is O=C(NCCCC1CCOCC1)NCc1ccc(F)cc1. The fourth-order valence-electron chi connectivity index (χ4n) is 2.47. The van der Waals surface area contributed by atoms with Gasteiger partial charge in [0.05, 0.1) is 0 Å². The Bertz CT molecular complexity index is 430. The van der Waals surface area contributed by atoms with Gasteiger partial charge < -0.3 is 15.4 Å². The minimum absolute atomic E-state index is 0.175. The number of rotatable bonds is 6. The van der Waals surface area contributed by atoms with Crippen LogP contribution in [0.4, 0.5) is 9.18 Å². The summed E-state index contributed by atoms with van der Waals surface area (Å²) in [5.41, 5.74) is 0.883. The van der Waals surface area contributed by atoms with Crippen molar-refractivity contribution in [1.29, 1.82) is 0 Å². The lowest BCUT2D eigenvalue weighted by Crippen LogP contribution is -2.35. The topological polar surface area (TPSA) is 50.4 Å². The summed E-state index contributed by atoms with van der Waals surface area (Å²) in [5.74, 6) is 0.471. The summed E-state index contributed by atoms with van der Waals surface area (Å²) >= 11 is 0. The smallest absolute Gasteiger partial charge is 0.315 e. The third-order valence-electron chi connectivity index (χ3n) is 3.78. The van der Waals surface area contributed by atoms with Crippen molar-refractivity contribution in [2.45, 2.75) is 32.2 Å². The molecule has 116 valence electrons. The number of amides is 2. The average molecular weight is 294 g/mol. The molecule has 4 nitrogen and oxygen atoms in total. The van der Waals surface area contributed by atoms with Gasteiger partial charge >= 0.3 is 6.03 Å². The molecule has 2 amide bonds. The molecule has 0 saturated carbocycles. The van der Waals surface area contributed by atoms with Crippen molar-refractivity contribution < 1.29 is 13.9 Å². The van der Waals surface area contributed by atoms with Gasteiger partial charge in [0.25, 0.3) is 0 Å². The van der Waals surface area contributed by atoms with Gasteiger partial charge in [0.2, 0.25) is 0 Å². The van der Waals surface area contributed by atoms with Gasteiger partial charge in [0, 0.05) is 26.3 Å². The molecule has 2 N–H and O–H groups in total. The molecule has 0 aliphatic carbocycles. The molecule has 0 atom stereocenters. The Morgan fingerprint density at radius 2 is 1.90 bits per heavy atom. The van der Waals surface area contributed by atoms with E-state index in [1.165, 1.54) is 12.1 Å². The van der Waals surface area contributed by atoms with Gasteiger partial charge in [-0.15, -0.1) is 0 Å². The second-order valence-corrected chi connectivity index (χ2v) is 5.43. The Morgan fingerprint density at radius 3 is 2.62 bits per heavy atom. The summed E-state index contributed by atoms with van der Waals surface area (Å²) in [6.07, 6.45) is 4.41. The van der Waals surface area contributed by atoms with Crippen LogP contribution in [0.5, 0.6) is 0 Å². The maximum atomic E-state index is 12.7. The number of carbonyl (C=O) groups excluding carboxylic acids is 1. The Labute approximate surface area is 125 Å². The molecule has 0 aromatic heterocycles. The number of urea groups is 1. The number of carbonyl (C=O) groups is 1. The molecule has 21 heavy (non-hydrogen) atoms. The third kappa shape index (κ3) is 6.12. The maximum absolute atomic E-state index is 12.7. The molecule has 0 bridgehead atoms. The third-order valence-corrected chi connectivity index (χ3v) is 3.78. The Morgan fingerprint density at radius 1 is 1.19 bits per heavy atom. The zero-order valence-electron chi connectivity index (χ0n) is 12.2. The van der Waals surface area contributed by atoms with Crippen molar-refractivity contribution in [3.05, 3.63) is 35.6 Å². The van der Waals surface area contributed by atoms with Crippen LogP contribution >= 0.6 is 0 Å². The molecule has 0 unspecified atom stereocenters. The number of halogens is 1. The van der Waals surface area contributed by atoms with Gasteiger partial charge in [-0.1, -0.05) is 12.1 Å². The van der Waals surface area contributed by atoms with Crippen LogP contribution in [0.3, 0.4) is 0 Å². The number of nitrogens with one attached hydrogen (secondary N) is 2. The van der Waals surface area contributed by atoms with Gasteiger partial charge in [-0.05, 0) is 49.3 Å². The summed E-state index contributed by atoms with van der Waals surface area (Å²) in [5, 5.41) is 5.61. The lowest BCUT2D eigenvalue weighted by atomic mass is 9.95. The summed E-state index contributed by atoms with van der Waals surface area (Å²) in [6.45, 7) is 2.84. The molecule has 0 spiro atoms. The van der Waals surface area contributed by atoms with Crippen LogP contribution in [0.25, 0.3) is 0 Å². The molecular formula is C16H23FN2O2. The van der Waals surface area contributed by atoms with Crippen LogP contribution in [0, 0.1) is 11.7 Å². The van der Waals surface area contributed by atoms with Crippen LogP contribution < -0.4 is 10.6 Å². The number of benzene rings is 1. The minimum atomic E-state index is -0.267. The van der Waals surface area contributed by atoms with Gasteiger partial charge in [-0.3, -0.25) is 0 Å². The first-order valence-corrected chi connectivity index (χ1v) is 7.58. The van der Waals surface area contributed by atoms with Crippen LogP contribution in [0.2, 0.25) is 0 Å². The highest BCUT2D eigenvalue weighted by molar-refractivity contribution is 5.73. The Balaban J connectivity index is 1.54. The van der Waals surface area contributed by atoms with Gasteiger partial charge in [-0.25, -0.2) is 9.18 Å². The summed E-state index contributed by atoms with van der Waals surface area (Å²) in [6, 6.07) is 5.94. The van der Waals surface area contributed by atoms with E-state index in [4.69, 9.17) is 4.74 Å². The number of hydrogen-bond donors (Lipinski definition) is 2. The van der Waals surface area contributed by atoms with Crippen LogP contribution in [-0.4, -0.2) is 25.8 Å². The second-order valence-electron chi connectivity index (χ2n) is 5.43. The molecule has 2 rings (SSSR count). The van der Waals surface area contributed by atoms with E-state index in [1.54, 1.807) is 12.1 Å². The molecule has 1 saturated heterocycles. The van der Waals surface area contributed by atoms with Gasteiger partial charge in [0.15, 0.2) is 0 Å². The van der Waals surface area contributed by atoms with E-state index in [1.807, 2.05) is 0 Å². The van der Waals surface area contributed by atoms with Gasteiger partial charge in [0.1, 0.15) is 5.82 Å². The first-order chi connectivity index (χ1) is 10.2. The Kier molecular flexibility index (Phi) is 6.47. The molecule has 1 aromatic carbocycles. The largest absolute Gasteiger partial charge is 0.381 e. The quantitative estimate of drug-likeness (QED) is 0.793. The number of ether oxygens (including phenoxy) is 1. The lowest BCUT2D eigenvalue weighted by molar-refractivity contribution is 0.0634. The first-order valence-electron chi connectivity index (χ1n) is 7.58. The number of hydrogen-bond acceptors (Lipinski definition) is 2. The minimum Gasteiger partial charge on any atom is -0.381 e. The molecule has 1 aliphatic rings. The monoisotopic (exact) mass is 294 g/mol. The van der Waals surface area contributed by atoms with Crippen LogP contribution in [0.15, 0.2) is 24.3 Å². The lowest BCUT2D eigenvalue weighted by Gasteiger charge is -2.21. The van der Waals surface area contributed by atoms with E-state index in [-0.39, 0.29) is 11.8 Å². The van der Waals surface area contributed by atoms with Crippen LogP contribution in [-0.2, 0) is 11.3 Å². The summed E-state index contributed by atoms with van der Waals surface area (Å²) in [4.78, 5) is 11.6.